The molecule has 2 saturated heterocycles. The summed E-state index contributed by atoms with van der Waals surface area (Å²) in [7, 11) is 0. The van der Waals surface area contributed by atoms with Crippen LogP contribution in [0, 0.1) is 0 Å². The minimum atomic E-state index is -0.269. The monoisotopic (exact) mass is 414 g/mol. The number of rotatable bonds is 12. The quantitative estimate of drug-likeness (QED) is 0.289. The molecule has 0 aromatic rings. The van der Waals surface area contributed by atoms with Gasteiger partial charge in [-0.25, -0.2) is 4.79 Å². The van der Waals surface area contributed by atoms with Gasteiger partial charge in [0.15, 0.2) is 0 Å². The molecule has 162 valence electrons. The van der Waals surface area contributed by atoms with Crippen LogP contribution in [0.3, 0.4) is 0 Å². The number of hydrogen-bond acceptors (Lipinski definition) is 5. The Bertz CT molecular complexity index is 536. The zero-order valence-corrected chi connectivity index (χ0v) is 18.6. The summed E-state index contributed by atoms with van der Waals surface area (Å²) in [5.74, 6) is 1.08. The van der Waals surface area contributed by atoms with Gasteiger partial charge in [0.05, 0.1) is 17.7 Å². The fraction of sp³-hybridized carbons (Fsp3) is 0.900. The van der Waals surface area contributed by atoms with Gasteiger partial charge in [-0.1, -0.05) is 6.42 Å². The number of nitrogens with two attached hydrogens (primary N) is 1. The second-order valence-corrected chi connectivity index (χ2v) is 10.6. The van der Waals surface area contributed by atoms with Crippen LogP contribution in [0.2, 0.25) is 0 Å². The predicted octanol–water partition coefficient (Wildman–Crippen LogP) is 2.14. The Morgan fingerprint density at radius 3 is 2.71 bits per heavy atom. The van der Waals surface area contributed by atoms with Gasteiger partial charge >= 0.3 is 6.03 Å². The number of unbranched alkanes of at least 4 members (excludes halogenated alkanes) is 1. The number of amides is 3. The van der Waals surface area contributed by atoms with Gasteiger partial charge in [0, 0.05) is 36.1 Å². The van der Waals surface area contributed by atoms with Crippen LogP contribution in [0.5, 0.6) is 0 Å². The van der Waals surface area contributed by atoms with Crippen molar-refractivity contribution in [3.05, 3.63) is 0 Å². The van der Waals surface area contributed by atoms with Crippen LogP contribution in [-0.4, -0.2) is 59.3 Å². The highest BCUT2D eigenvalue weighted by Gasteiger charge is 2.42. The molecular formula is C20H38N4O3S. The van der Waals surface area contributed by atoms with Crippen molar-refractivity contribution in [3.63, 3.8) is 0 Å². The summed E-state index contributed by atoms with van der Waals surface area (Å²) in [6, 6.07) is 0.476. The maximum Gasteiger partial charge on any atom is 0.315 e. The summed E-state index contributed by atoms with van der Waals surface area (Å²) in [5.41, 5.74) is 5.48. The second-order valence-electron chi connectivity index (χ2n) is 9.31. The van der Waals surface area contributed by atoms with Gasteiger partial charge in [-0.2, -0.15) is 11.8 Å². The van der Waals surface area contributed by atoms with Crippen molar-refractivity contribution in [2.24, 2.45) is 5.73 Å². The number of urea groups is 1. The molecule has 0 aromatic heterocycles. The molecule has 2 rings (SSSR count). The van der Waals surface area contributed by atoms with E-state index in [1.165, 1.54) is 0 Å². The SMILES string of the molecule is CC(C)(N)CCOC(C)(C)CCNC(=O)CCCCC1SCC2NC(=O)NC21. The van der Waals surface area contributed by atoms with E-state index in [0.29, 0.717) is 24.8 Å². The van der Waals surface area contributed by atoms with Gasteiger partial charge in [-0.3, -0.25) is 4.79 Å². The van der Waals surface area contributed by atoms with E-state index in [-0.39, 0.29) is 35.2 Å². The average Bonchev–Trinajstić information content (AvgIpc) is 3.09. The molecule has 0 radical (unpaired) electrons. The molecule has 0 bridgehead atoms. The molecule has 2 aliphatic heterocycles. The average molecular weight is 415 g/mol. The number of hydrogen-bond donors (Lipinski definition) is 4. The molecule has 3 amide bonds. The van der Waals surface area contributed by atoms with Crippen molar-refractivity contribution < 1.29 is 14.3 Å². The predicted molar refractivity (Wildman–Crippen MR) is 114 cm³/mol. The van der Waals surface area contributed by atoms with Gasteiger partial charge in [0.1, 0.15) is 0 Å². The van der Waals surface area contributed by atoms with E-state index >= 15 is 0 Å². The molecular weight excluding hydrogens is 376 g/mol. The summed E-state index contributed by atoms with van der Waals surface area (Å²) in [6.45, 7) is 9.33. The molecule has 0 aromatic carbocycles. The molecule has 0 saturated carbocycles. The van der Waals surface area contributed by atoms with Crippen molar-refractivity contribution in [2.45, 2.75) is 94.7 Å². The smallest absolute Gasteiger partial charge is 0.315 e. The molecule has 2 fully saturated rings. The first-order chi connectivity index (χ1) is 13.1. The van der Waals surface area contributed by atoms with Gasteiger partial charge < -0.3 is 26.4 Å². The van der Waals surface area contributed by atoms with E-state index in [9.17, 15) is 9.59 Å². The lowest BCUT2D eigenvalue weighted by atomic mass is 10.0. The van der Waals surface area contributed by atoms with Gasteiger partial charge in [0.25, 0.3) is 0 Å². The largest absolute Gasteiger partial charge is 0.375 e. The van der Waals surface area contributed by atoms with Crippen LogP contribution >= 0.6 is 11.8 Å². The first-order valence-corrected chi connectivity index (χ1v) is 11.5. The van der Waals surface area contributed by atoms with Crippen LogP contribution in [0.1, 0.15) is 66.2 Å². The number of nitrogens with one attached hydrogen (secondary N) is 3. The number of carbonyl (C=O) groups excluding carboxylic acids is 2. The summed E-state index contributed by atoms with van der Waals surface area (Å²) in [6.07, 6.45) is 5.07. The van der Waals surface area contributed by atoms with E-state index < -0.39 is 0 Å². The molecule has 28 heavy (non-hydrogen) atoms. The summed E-state index contributed by atoms with van der Waals surface area (Å²) >= 11 is 1.92. The van der Waals surface area contributed by atoms with Gasteiger partial charge in [0.2, 0.25) is 5.91 Å². The molecule has 0 aliphatic carbocycles. The van der Waals surface area contributed by atoms with Crippen molar-refractivity contribution in [3.8, 4) is 0 Å². The summed E-state index contributed by atoms with van der Waals surface area (Å²) in [5, 5.41) is 9.43. The Hall–Kier alpha value is -0.990. The van der Waals surface area contributed by atoms with E-state index in [4.69, 9.17) is 10.5 Å². The number of carbonyl (C=O) groups is 2. The highest BCUT2D eigenvalue weighted by molar-refractivity contribution is 8.00. The number of ether oxygens (including phenoxy) is 1. The van der Waals surface area contributed by atoms with Crippen LogP contribution in [0.15, 0.2) is 0 Å². The van der Waals surface area contributed by atoms with E-state index in [2.05, 4.69) is 16.0 Å². The standard InChI is InChI=1S/C20H38N4O3S/c1-19(2,21)10-12-27-20(3,4)9-11-22-16(25)8-6-5-7-15-17-14(13-28-15)23-18(26)24-17/h14-15,17H,5-13,21H2,1-4H3,(H,22,25)(H2,23,24,26). The molecule has 7 nitrogen and oxygen atoms in total. The molecule has 2 heterocycles. The van der Waals surface area contributed by atoms with E-state index in [1.807, 2.05) is 39.5 Å². The Balaban J connectivity index is 1.51. The third-order valence-corrected chi connectivity index (χ3v) is 6.88. The Kier molecular flexibility index (Phi) is 8.45. The highest BCUT2D eigenvalue weighted by atomic mass is 32.2. The van der Waals surface area contributed by atoms with Crippen LogP contribution in [0.25, 0.3) is 0 Å². The van der Waals surface area contributed by atoms with E-state index in [1.54, 1.807) is 0 Å². The third kappa shape index (κ3) is 8.17. The fourth-order valence-corrected chi connectivity index (χ4v) is 5.07. The first-order valence-electron chi connectivity index (χ1n) is 10.4. The zero-order chi connectivity index (χ0) is 20.8. The molecule has 8 heteroatoms. The van der Waals surface area contributed by atoms with Gasteiger partial charge in [-0.15, -0.1) is 0 Å². The van der Waals surface area contributed by atoms with Crippen molar-refractivity contribution in [1.82, 2.24) is 16.0 Å². The molecule has 0 spiro atoms. The van der Waals surface area contributed by atoms with Crippen molar-refractivity contribution in [1.29, 1.82) is 0 Å². The summed E-state index contributed by atoms with van der Waals surface area (Å²) < 4.78 is 5.92. The molecule has 5 N–H and O–H groups in total. The molecule has 3 atom stereocenters. The van der Waals surface area contributed by atoms with Crippen LogP contribution in [0.4, 0.5) is 4.79 Å². The minimum Gasteiger partial charge on any atom is -0.375 e. The lowest BCUT2D eigenvalue weighted by Gasteiger charge is -2.27. The maximum absolute atomic E-state index is 12.1. The normalized spacial score (nSPS) is 24.6. The summed E-state index contributed by atoms with van der Waals surface area (Å²) in [4.78, 5) is 23.5. The number of fused-ring (bicyclic) bond motifs is 1. The second kappa shape index (κ2) is 10.2. The van der Waals surface area contributed by atoms with E-state index in [0.717, 1.165) is 37.9 Å². The van der Waals surface area contributed by atoms with Crippen molar-refractivity contribution in [2.75, 3.05) is 18.9 Å². The lowest BCUT2D eigenvalue weighted by molar-refractivity contribution is -0.121. The third-order valence-electron chi connectivity index (χ3n) is 5.37. The number of thioether (sulfide) groups is 1. The highest BCUT2D eigenvalue weighted by Crippen LogP contribution is 2.33. The first kappa shape index (κ1) is 23.3. The topological polar surface area (TPSA) is 105 Å². The lowest BCUT2D eigenvalue weighted by Crippen LogP contribution is -2.37. The zero-order valence-electron chi connectivity index (χ0n) is 17.8. The van der Waals surface area contributed by atoms with Crippen LogP contribution in [-0.2, 0) is 9.53 Å². The Morgan fingerprint density at radius 1 is 1.25 bits per heavy atom. The maximum atomic E-state index is 12.1. The Labute approximate surface area is 173 Å². The molecule has 3 unspecified atom stereocenters. The fourth-order valence-electron chi connectivity index (χ4n) is 3.53. The minimum absolute atomic E-state index is 0.0432. The van der Waals surface area contributed by atoms with Gasteiger partial charge in [-0.05, 0) is 53.4 Å². The molecule has 2 aliphatic rings. The van der Waals surface area contributed by atoms with Crippen molar-refractivity contribution >= 4 is 23.7 Å². The Morgan fingerprint density at radius 2 is 2.00 bits per heavy atom. The van der Waals surface area contributed by atoms with Crippen LogP contribution < -0.4 is 21.7 Å².